The molecule has 7 heteroatoms. The molecule has 0 aliphatic heterocycles. The van der Waals surface area contributed by atoms with Gasteiger partial charge in [0.1, 0.15) is 12.4 Å². The molecule has 160 valence electrons. The second-order valence-corrected chi connectivity index (χ2v) is 8.38. The molecule has 4 rings (SSSR count). The van der Waals surface area contributed by atoms with Crippen molar-refractivity contribution in [3.05, 3.63) is 92.6 Å². The summed E-state index contributed by atoms with van der Waals surface area (Å²) in [7, 11) is 0. The quantitative estimate of drug-likeness (QED) is 0.555. The third kappa shape index (κ3) is 4.64. The van der Waals surface area contributed by atoms with Crippen LogP contribution in [-0.2, 0) is 18.4 Å². The summed E-state index contributed by atoms with van der Waals surface area (Å²) in [5, 5.41) is 10.3. The molecule has 1 saturated carbocycles. The Labute approximate surface area is 184 Å². The van der Waals surface area contributed by atoms with Crippen LogP contribution in [0.3, 0.4) is 0 Å². The maximum Gasteiger partial charge on any atom is 0.358 e. The Morgan fingerprint density at radius 2 is 1.87 bits per heavy atom. The zero-order valence-corrected chi connectivity index (χ0v) is 17.7. The number of rotatable bonds is 7. The molecule has 2 N–H and O–H groups in total. The molecule has 0 bridgehead atoms. The summed E-state index contributed by atoms with van der Waals surface area (Å²) >= 11 is 6.22. The molecule has 3 aromatic rings. The number of hydrogen-bond acceptors (Lipinski definition) is 4. The van der Waals surface area contributed by atoms with Gasteiger partial charge in [-0.05, 0) is 36.1 Å². The van der Waals surface area contributed by atoms with Gasteiger partial charge in [0.15, 0.2) is 5.69 Å². The first-order valence-electron chi connectivity index (χ1n) is 10.3. The minimum absolute atomic E-state index is 0.0810. The van der Waals surface area contributed by atoms with Crippen molar-refractivity contribution in [1.82, 2.24) is 9.97 Å². The number of carboxylic acid groups (broad SMARTS) is 1. The van der Waals surface area contributed by atoms with Gasteiger partial charge in [-0.15, -0.1) is 0 Å². The molecule has 1 aliphatic rings. The van der Waals surface area contributed by atoms with Gasteiger partial charge in [-0.1, -0.05) is 66.9 Å². The van der Waals surface area contributed by atoms with Gasteiger partial charge in [-0.3, -0.25) is 4.79 Å². The minimum atomic E-state index is -1.29. The van der Waals surface area contributed by atoms with Crippen molar-refractivity contribution in [2.45, 2.75) is 44.1 Å². The van der Waals surface area contributed by atoms with Crippen molar-refractivity contribution in [3.8, 4) is 5.75 Å². The highest BCUT2D eigenvalue weighted by atomic mass is 35.5. The molecule has 0 saturated heterocycles. The van der Waals surface area contributed by atoms with Crippen molar-refractivity contribution in [2.75, 3.05) is 0 Å². The van der Waals surface area contributed by atoms with E-state index in [0.29, 0.717) is 17.3 Å². The lowest BCUT2D eigenvalue weighted by molar-refractivity contribution is 0.0683. The Bertz CT molecular complexity index is 1140. The van der Waals surface area contributed by atoms with Crippen molar-refractivity contribution in [1.29, 1.82) is 0 Å². The maximum absolute atomic E-state index is 12.8. The van der Waals surface area contributed by atoms with E-state index in [0.717, 1.165) is 36.8 Å². The molecule has 0 atom stereocenters. The SMILES string of the molecule is O=C(O)c1nc(CC2(c3cccc(Cl)c3)CCCC2)[nH]c(=O)c1OCc1ccccc1. The zero-order chi connectivity index (χ0) is 21.8. The predicted octanol–water partition coefficient (Wildman–Crippen LogP) is 4.76. The number of ether oxygens (including phenoxy) is 1. The van der Waals surface area contributed by atoms with Crippen molar-refractivity contribution >= 4 is 17.6 Å². The highest BCUT2D eigenvalue weighted by molar-refractivity contribution is 6.30. The summed E-state index contributed by atoms with van der Waals surface area (Å²) in [6, 6.07) is 17.0. The molecular formula is C24H23ClN2O4. The Hall–Kier alpha value is -3.12. The lowest BCUT2D eigenvalue weighted by atomic mass is 9.76. The smallest absolute Gasteiger partial charge is 0.358 e. The molecule has 1 aromatic heterocycles. The van der Waals surface area contributed by atoms with Crippen molar-refractivity contribution in [3.63, 3.8) is 0 Å². The van der Waals surface area contributed by atoms with Crippen LogP contribution in [0.15, 0.2) is 59.4 Å². The largest absolute Gasteiger partial charge is 0.481 e. The van der Waals surface area contributed by atoms with Gasteiger partial charge in [-0.25, -0.2) is 9.78 Å². The second kappa shape index (κ2) is 8.94. The average Bonchev–Trinajstić information content (AvgIpc) is 3.23. The number of H-pyrrole nitrogens is 1. The fourth-order valence-corrected chi connectivity index (χ4v) is 4.55. The first-order valence-corrected chi connectivity index (χ1v) is 10.6. The van der Waals surface area contributed by atoms with Crippen LogP contribution in [0.4, 0.5) is 0 Å². The lowest BCUT2D eigenvalue weighted by Crippen LogP contribution is -2.29. The zero-order valence-electron chi connectivity index (χ0n) is 16.9. The van der Waals surface area contributed by atoms with E-state index in [9.17, 15) is 14.7 Å². The number of carboxylic acids is 1. The Balaban J connectivity index is 1.66. The van der Waals surface area contributed by atoms with E-state index < -0.39 is 11.5 Å². The number of aromatic carboxylic acids is 1. The number of nitrogens with one attached hydrogen (secondary N) is 1. The maximum atomic E-state index is 12.8. The molecule has 31 heavy (non-hydrogen) atoms. The van der Waals surface area contributed by atoms with Crippen LogP contribution in [-0.4, -0.2) is 21.0 Å². The molecule has 1 fully saturated rings. The fourth-order valence-electron chi connectivity index (χ4n) is 4.36. The van der Waals surface area contributed by atoms with Crippen LogP contribution in [0.5, 0.6) is 5.75 Å². The Kier molecular flexibility index (Phi) is 6.09. The number of halogens is 1. The van der Waals surface area contributed by atoms with E-state index in [1.54, 1.807) is 0 Å². The van der Waals surface area contributed by atoms with E-state index in [1.165, 1.54) is 0 Å². The molecule has 0 spiro atoms. The van der Waals surface area contributed by atoms with E-state index in [1.807, 2.05) is 54.6 Å². The van der Waals surface area contributed by atoms with Crippen LogP contribution >= 0.6 is 11.6 Å². The van der Waals surface area contributed by atoms with Gasteiger partial charge in [0.2, 0.25) is 5.75 Å². The second-order valence-electron chi connectivity index (χ2n) is 7.94. The Morgan fingerprint density at radius 3 is 2.55 bits per heavy atom. The molecular weight excluding hydrogens is 416 g/mol. The molecule has 0 unspecified atom stereocenters. The molecule has 1 heterocycles. The monoisotopic (exact) mass is 438 g/mol. The number of benzene rings is 2. The van der Waals surface area contributed by atoms with Gasteiger partial charge in [-0.2, -0.15) is 0 Å². The summed E-state index contributed by atoms with van der Waals surface area (Å²) in [5.74, 6) is -1.22. The lowest BCUT2D eigenvalue weighted by Gasteiger charge is -2.29. The summed E-state index contributed by atoms with van der Waals surface area (Å²) in [6.45, 7) is 0.0810. The number of hydrogen-bond donors (Lipinski definition) is 2. The van der Waals surface area contributed by atoms with Crippen LogP contribution in [0.25, 0.3) is 0 Å². The van der Waals surface area contributed by atoms with Gasteiger partial charge >= 0.3 is 5.97 Å². The molecule has 1 aliphatic carbocycles. The molecule has 0 radical (unpaired) electrons. The van der Waals surface area contributed by atoms with Crippen LogP contribution in [0.1, 0.15) is 53.1 Å². The number of carbonyl (C=O) groups is 1. The third-order valence-electron chi connectivity index (χ3n) is 5.86. The molecule has 2 aromatic carbocycles. The summed E-state index contributed by atoms with van der Waals surface area (Å²) in [6.07, 6.45) is 4.39. The Morgan fingerprint density at radius 1 is 1.13 bits per heavy atom. The first-order chi connectivity index (χ1) is 15.0. The van der Waals surface area contributed by atoms with Gasteiger partial charge in [0, 0.05) is 16.9 Å². The first kappa shape index (κ1) is 21.1. The predicted molar refractivity (Wildman–Crippen MR) is 118 cm³/mol. The third-order valence-corrected chi connectivity index (χ3v) is 6.09. The molecule has 6 nitrogen and oxygen atoms in total. The van der Waals surface area contributed by atoms with E-state index in [2.05, 4.69) is 9.97 Å². The van der Waals surface area contributed by atoms with Crippen molar-refractivity contribution in [2.24, 2.45) is 0 Å². The summed E-state index contributed by atoms with van der Waals surface area (Å²) < 4.78 is 5.56. The number of aromatic nitrogens is 2. The number of nitrogens with zero attached hydrogens (tertiary/aromatic N) is 1. The normalized spacial score (nSPS) is 15.0. The standard InChI is InChI=1S/C24H23ClN2O4/c25-18-10-6-9-17(13-18)24(11-4-5-12-24)14-19-26-20(23(29)30)21(22(28)27-19)31-15-16-7-2-1-3-8-16/h1-3,6-10,13H,4-5,11-12,14-15H2,(H,29,30)(H,26,27,28). The molecule has 0 amide bonds. The van der Waals surface area contributed by atoms with E-state index in [-0.39, 0.29) is 23.5 Å². The highest BCUT2D eigenvalue weighted by Gasteiger charge is 2.37. The fraction of sp³-hybridized carbons (Fsp3) is 0.292. The van der Waals surface area contributed by atoms with Crippen LogP contribution in [0, 0.1) is 0 Å². The average molecular weight is 439 g/mol. The van der Waals surface area contributed by atoms with Gasteiger partial charge in [0.25, 0.3) is 5.56 Å². The number of aromatic amines is 1. The van der Waals surface area contributed by atoms with E-state index >= 15 is 0 Å². The summed E-state index contributed by atoms with van der Waals surface area (Å²) in [5.41, 5.74) is 0.726. The van der Waals surface area contributed by atoms with E-state index in [4.69, 9.17) is 16.3 Å². The summed E-state index contributed by atoms with van der Waals surface area (Å²) in [4.78, 5) is 31.7. The van der Waals surface area contributed by atoms with Gasteiger partial charge in [0.05, 0.1) is 0 Å². The van der Waals surface area contributed by atoms with Crippen LogP contribution in [0.2, 0.25) is 5.02 Å². The minimum Gasteiger partial charge on any atom is -0.481 e. The van der Waals surface area contributed by atoms with Gasteiger partial charge < -0.3 is 14.8 Å². The topological polar surface area (TPSA) is 92.3 Å². The highest BCUT2D eigenvalue weighted by Crippen LogP contribution is 2.43. The van der Waals surface area contributed by atoms with Crippen molar-refractivity contribution < 1.29 is 14.6 Å². The van der Waals surface area contributed by atoms with Crippen LogP contribution < -0.4 is 10.3 Å².